The molecule has 0 unspecified atom stereocenters. The van der Waals surface area contributed by atoms with E-state index in [0.29, 0.717) is 29.8 Å². The van der Waals surface area contributed by atoms with Crippen molar-refractivity contribution >= 4 is 5.65 Å². The highest BCUT2D eigenvalue weighted by Gasteiger charge is 2.13. The number of hydrogen-bond donors (Lipinski definition) is 0. The first-order valence-electron chi connectivity index (χ1n) is 8.33. The van der Waals surface area contributed by atoms with Gasteiger partial charge in [-0.25, -0.2) is 9.07 Å². The number of ether oxygens (including phenoxy) is 1. The lowest BCUT2D eigenvalue weighted by molar-refractivity contribution is 0.404. The van der Waals surface area contributed by atoms with Crippen LogP contribution < -0.4 is 4.74 Å². The van der Waals surface area contributed by atoms with Gasteiger partial charge < -0.3 is 4.74 Å². The van der Waals surface area contributed by atoms with E-state index in [0.717, 1.165) is 17.1 Å². The SMILES string of the molecule is COc1cccc(F)c1CCc1ccc(-n2ccc(C)n2)c2nncn12. The Kier molecular flexibility index (Phi) is 4.12. The molecule has 0 saturated carbocycles. The summed E-state index contributed by atoms with van der Waals surface area (Å²) in [7, 11) is 1.55. The Bertz CT molecular complexity index is 1070. The first-order valence-corrected chi connectivity index (χ1v) is 8.33. The van der Waals surface area contributed by atoms with E-state index in [-0.39, 0.29) is 5.82 Å². The molecule has 0 radical (unpaired) electrons. The van der Waals surface area contributed by atoms with Crippen LogP contribution in [0.25, 0.3) is 11.3 Å². The fraction of sp³-hybridized carbons (Fsp3) is 0.211. The van der Waals surface area contributed by atoms with Crippen molar-refractivity contribution in [2.75, 3.05) is 7.11 Å². The Morgan fingerprint density at radius 3 is 2.77 bits per heavy atom. The van der Waals surface area contributed by atoms with E-state index >= 15 is 0 Å². The molecule has 0 amide bonds. The van der Waals surface area contributed by atoms with Gasteiger partial charge in [-0.3, -0.25) is 4.40 Å². The smallest absolute Gasteiger partial charge is 0.186 e. The second-order valence-electron chi connectivity index (χ2n) is 6.06. The van der Waals surface area contributed by atoms with Gasteiger partial charge >= 0.3 is 0 Å². The maximum atomic E-state index is 14.2. The molecule has 0 aliphatic rings. The number of halogens is 1. The van der Waals surface area contributed by atoms with Gasteiger partial charge in [0.05, 0.1) is 12.8 Å². The molecule has 7 heteroatoms. The van der Waals surface area contributed by atoms with Gasteiger partial charge in [0, 0.05) is 17.5 Å². The van der Waals surface area contributed by atoms with Crippen molar-refractivity contribution < 1.29 is 9.13 Å². The summed E-state index contributed by atoms with van der Waals surface area (Å²) in [5.74, 6) is 0.307. The van der Waals surface area contributed by atoms with Gasteiger partial charge in [0.2, 0.25) is 0 Å². The highest BCUT2D eigenvalue weighted by atomic mass is 19.1. The number of nitrogens with zero attached hydrogens (tertiary/aromatic N) is 5. The van der Waals surface area contributed by atoms with Crippen LogP contribution in [-0.2, 0) is 12.8 Å². The third-order valence-electron chi connectivity index (χ3n) is 4.42. The van der Waals surface area contributed by atoms with Gasteiger partial charge in [-0.1, -0.05) is 6.07 Å². The van der Waals surface area contributed by atoms with E-state index in [9.17, 15) is 4.39 Å². The molecule has 0 aliphatic heterocycles. The van der Waals surface area contributed by atoms with E-state index in [1.807, 2.05) is 35.7 Å². The minimum atomic E-state index is -0.256. The second-order valence-corrected chi connectivity index (χ2v) is 6.06. The summed E-state index contributed by atoms with van der Waals surface area (Å²) in [5.41, 5.74) is 4.05. The standard InChI is InChI=1S/C19H18FN5O/c1-13-10-11-25(23-13)17-9-7-14(24-12-21-22-19(17)24)6-8-15-16(20)4-3-5-18(15)26-2/h3-5,7,9-12H,6,8H2,1-2H3. The topological polar surface area (TPSA) is 57.2 Å². The Balaban J connectivity index is 1.68. The van der Waals surface area contributed by atoms with Gasteiger partial charge in [0.15, 0.2) is 5.65 Å². The fourth-order valence-electron chi connectivity index (χ4n) is 3.11. The zero-order chi connectivity index (χ0) is 18.1. The van der Waals surface area contributed by atoms with Crippen molar-refractivity contribution in [1.82, 2.24) is 24.4 Å². The molecule has 4 rings (SSSR count). The molecule has 132 valence electrons. The van der Waals surface area contributed by atoms with E-state index in [4.69, 9.17) is 4.74 Å². The number of fused-ring (bicyclic) bond motifs is 1. The molecule has 0 aliphatic carbocycles. The van der Waals surface area contributed by atoms with Crippen LogP contribution in [-0.4, -0.2) is 31.5 Å². The van der Waals surface area contributed by atoms with Crippen LogP contribution in [0.15, 0.2) is 48.9 Å². The van der Waals surface area contributed by atoms with Crippen LogP contribution in [0.3, 0.4) is 0 Å². The molecule has 0 fully saturated rings. The predicted octanol–water partition coefficient (Wildman–Crippen LogP) is 3.16. The minimum absolute atomic E-state index is 0.256. The maximum Gasteiger partial charge on any atom is 0.186 e. The zero-order valence-corrected chi connectivity index (χ0v) is 14.6. The van der Waals surface area contributed by atoms with Crippen molar-refractivity contribution in [2.24, 2.45) is 0 Å². The molecule has 0 bridgehead atoms. The van der Waals surface area contributed by atoms with Crippen molar-refractivity contribution in [1.29, 1.82) is 0 Å². The summed E-state index contributed by atoms with van der Waals surface area (Å²) < 4.78 is 23.1. The van der Waals surface area contributed by atoms with Crippen LogP contribution in [0.1, 0.15) is 17.0 Å². The van der Waals surface area contributed by atoms with Gasteiger partial charge in [0.25, 0.3) is 0 Å². The summed E-state index contributed by atoms with van der Waals surface area (Å²) in [6, 6.07) is 10.8. The predicted molar refractivity (Wildman–Crippen MR) is 95.2 cm³/mol. The number of aromatic nitrogens is 5. The van der Waals surface area contributed by atoms with Crippen LogP contribution in [0.5, 0.6) is 5.75 Å². The molecule has 0 saturated heterocycles. The Labute approximate surface area is 149 Å². The highest BCUT2D eigenvalue weighted by Crippen LogP contribution is 2.24. The number of methoxy groups -OCH3 is 1. The van der Waals surface area contributed by atoms with Crippen LogP contribution in [0.4, 0.5) is 4.39 Å². The first-order chi connectivity index (χ1) is 12.7. The number of benzene rings is 1. The van der Waals surface area contributed by atoms with E-state index < -0.39 is 0 Å². The lowest BCUT2D eigenvalue weighted by Gasteiger charge is -2.11. The summed E-state index contributed by atoms with van der Waals surface area (Å²) in [4.78, 5) is 0. The van der Waals surface area contributed by atoms with Crippen LogP contribution in [0.2, 0.25) is 0 Å². The molecule has 3 heterocycles. The summed E-state index contributed by atoms with van der Waals surface area (Å²) >= 11 is 0. The van der Waals surface area contributed by atoms with Crippen molar-refractivity contribution in [3.8, 4) is 11.4 Å². The fourth-order valence-corrected chi connectivity index (χ4v) is 3.11. The van der Waals surface area contributed by atoms with E-state index in [1.165, 1.54) is 6.07 Å². The Morgan fingerprint density at radius 2 is 2.00 bits per heavy atom. The quantitative estimate of drug-likeness (QED) is 0.554. The molecule has 6 nitrogen and oxygen atoms in total. The van der Waals surface area contributed by atoms with Crippen molar-refractivity contribution in [3.05, 3.63) is 71.7 Å². The third kappa shape index (κ3) is 2.81. The number of rotatable bonds is 5. The van der Waals surface area contributed by atoms with Gasteiger partial charge in [-0.05, 0) is 50.1 Å². The molecule has 3 aromatic heterocycles. The van der Waals surface area contributed by atoms with Crippen molar-refractivity contribution in [2.45, 2.75) is 19.8 Å². The Morgan fingerprint density at radius 1 is 1.12 bits per heavy atom. The zero-order valence-electron chi connectivity index (χ0n) is 14.6. The van der Waals surface area contributed by atoms with Crippen LogP contribution >= 0.6 is 0 Å². The summed E-state index contributed by atoms with van der Waals surface area (Å²) in [5, 5.41) is 12.7. The monoisotopic (exact) mass is 351 g/mol. The average molecular weight is 351 g/mol. The van der Waals surface area contributed by atoms with Crippen LogP contribution in [0, 0.1) is 12.7 Å². The lowest BCUT2D eigenvalue weighted by atomic mass is 10.1. The molecule has 0 spiro atoms. The molecule has 4 aromatic rings. The van der Waals surface area contributed by atoms with Gasteiger partial charge in [0.1, 0.15) is 23.6 Å². The molecule has 0 atom stereocenters. The minimum Gasteiger partial charge on any atom is -0.496 e. The van der Waals surface area contributed by atoms with E-state index in [1.54, 1.807) is 30.3 Å². The van der Waals surface area contributed by atoms with Gasteiger partial charge in [-0.15, -0.1) is 10.2 Å². The highest BCUT2D eigenvalue weighted by molar-refractivity contribution is 5.58. The number of aryl methyl sites for hydroxylation is 2. The molecule has 1 aromatic carbocycles. The largest absolute Gasteiger partial charge is 0.496 e. The molecule has 26 heavy (non-hydrogen) atoms. The first kappa shape index (κ1) is 16.3. The Hall–Kier alpha value is -3.22. The summed E-state index contributed by atoms with van der Waals surface area (Å²) in [6.07, 6.45) is 4.71. The average Bonchev–Trinajstić information content (AvgIpc) is 3.29. The lowest BCUT2D eigenvalue weighted by Crippen LogP contribution is -2.05. The maximum absolute atomic E-state index is 14.2. The van der Waals surface area contributed by atoms with Crippen molar-refractivity contribution in [3.63, 3.8) is 0 Å². The number of hydrogen-bond acceptors (Lipinski definition) is 4. The van der Waals surface area contributed by atoms with Gasteiger partial charge in [-0.2, -0.15) is 5.10 Å². The summed E-state index contributed by atoms with van der Waals surface area (Å²) in [6.45, 7) is 1.94. The van der Waals surface area contributed by atoms with E-state index in [2.05, 4.69) is 15.3 Å². The molecular formula is C19H18FN5O. The normalized spacial score (nSPS) is 11.2. The number of pyridine rings is 1. The molecular weight excluding hydrogens is 333 g/mol. The molecule has 0 N–H and O–H groups in total. The second kappa shape index (κ2) is 6.59. The third-order valence-corrected chi connectivity index (χ3v) is 4.42.